The number of anilines is 1. The number of aryl methyl sites for hydroxylation is 2. The van der Waals surface area contributed by atoms with Gasteiger partial charge in [0.2, 0.25) is 0 Å². The van der Waals surface area contributed by atoms with Gasteiger partial charge in [-0.15, -0.1) is 11.3 Å². The van der Waals surface area contributed by atoms with E-state index in [1.807, 2.05) is 24.3 Å². The van der Waals surface area contributed by atoms with Gasteiger partial charge in [0.25, 0.3) is 0 Å². The summed E-state index contributed by atoms with van der Waals surface area (Å²) < 4.78 is 10.2. The van der Waals surface area contributed by atoms with Gasteiger partial charge in [-0.3, -0.25) is 9.59 Å². The summed E-state index contributed by atoms with van der Waals surface area (Å²) in [5.41, 5.74) is 9.26. The van der Waals surface area contributed by atoms with E-state index in [9.17, 15) is 19.6 Å². The Bertz CT molecular complexity index is 1050. The van der Waals surface area contributed by atoms with E-state index in [0.717, 1.165) is 30.6 Å². The molecule has 0 spiro atoms. The van der Waals surface area contributed by atoms with Crippen LogP contribution in [0.15, 0.2) is 18.2 Å². The van der Waals surface area contributed by atoms with E-state index in [-0.39, 0.29) is 52.8 Å². The number of thiophene rings is 1. The second-order valence-corrected chi connectivity index (χ2v) is 8.31. The summed E-state index contributed by atoms with van der Waals surface area (Å²) in [6.07, 6.45) is 4.26. The van der Waals surface area contributed by atoms with Gasteiger partial charge in [-0.1, -0.05) is 12.1 Å². The summed E-state index contributed by atoms with van der Waals surface area (Å²) in [7, 11) is 0. The van der Waals surface area contributed by atoms with Crippen LogP contribution in [0.5, 0.6) is 0 Å². The molecular weight excluding hydrogens is 416 g/mol. The Labute approximate surface area is 184 Å². The highest BCUT2D eigenvalue weighted by molar-refractivity contribution is 7.18. The van der Waals surface area contributed by atoms with E-state index in [2.05, 4.69) is 0 Å². The molecule has 0 unspecified atom stereocenters. The van der Waals surface area contributed by atoms with E-state index in [4.69, 9.17) is 15.2 Å². The van der Waals surface area contributed by atoms with Gasteiger partial charge in [0.05, 0.1) is 18.6 Å². The molecule has 0 amide bonds. The molecule has 7 nitrogen and oxygen atoms in total. The topological polar surface area (TPSA) is 119 Å². The number of hydrogen-bond acceptors (Lipinski definition) is 8. The number of ether oxygens (including phenoxy) is 2. The van der Waals surface area contributed by atoms with Gasteiger partial charge < -0.3 is 15.2 Å². The normalized spacial score (nSPS) is 12.5. The number of carbonyl (C=O) groups is 3. The van der Waals surface area contributed by atoms with Gasteiger partial charge in [-0.05, 0) is 49.8 Å². The zero-order chi connectivity index (χ0) is 22.4. The minimum absolute atomic E-state index is 0.0270. The Hall–Kier alpha value is -3.18. The molecule has 2 N–H and O–H groups in total. The second-order valence-electron chi connectivity index (χ2n) is 7.26. The first-order valence-electron chi connectivity index (χ1n) is 10.2. The Morgan fingerprint density at radius 3 is 2.58 bits per heavy atom. The summed E-state index contributed by atoms with van der Waals surface area (Å²) in [4.78, 5) is 36.9. The first kappa shape index (κ1) is 22.5. The van der Waals surface area contributed by atoms with Crippen LogP contribution in [0, 0.1) is 11.3 Å². The Balaban J connectivity index is 1.59. The number of rotatable bonds is 8. The molecule has 31 heavy (non-hydrogen) atoms. The molecular formula is C23H24N2O5S. The van der Waals surface area contributed by atoms with Crippen molar-refractivity contribution < 1.29 is 23.9 Å². The monoisotopic (exact) mass is 440 g/mol. The predicted octanol–water partition coefficient (Wildman–Crippen LogP) is 3.96. The van der Waals surface area contributed by atoms with Crippen molar-refractivity contribution in [3.05, 3.63) is 50.9 Å². The number of carbonyl (C=O) groups excluding carboxylic acids is 3. The van der Waals surface area contributed by atoms with Crippen molar-refractivity contribution in [2.45, 2.75) is 52.1 Å². The van der Waals surface area contributed by atoms with Gasteiger partial charge in [0.1, 0.15) is 22.6 Å². The lowest BCUT2D eigenvalue weighted by Crippen LogP contribution is -2.12. The molecule has 0 saturated heterocycles. The van der Waals surface area contributed by atoms with Crippen molar-refractivity contribution in [1.29, 1.82) is 5.26 Å². The van der Waals surface area contributed by atoms with Crippen LogP contribution in [0.1, 0.15) is 74.9 Å². The summed E-state index contributed by atoms with van der Waals surface area (Å²) in [6.45, 7) is 1.55. The lowest BCUT2D eigenvalue weighted by atomic mass is 9.89. The lowest BCUT2D eigenvalue weighted by Gasteiger charge is -2.16. The minimum atomic E-state index is -0.616. The third-order valence-corrected chi connectivity index (χ3v) is 6.25. The number of nitrogens with zero attached hydrogens (tertiary/aromatic N) is 1. The molecule has 0 bridgehead atoms. The highest BCUT2D eigenvalue weighted by atomic mass is 32.1. The van der Waals surface area contributed by atoms with Crippen LogP contribution in [0.25, 0.3) is 0 Å². The molecule has 8 heteroatoms. The van der Waals surface area contributed by atoms with Crippen molar-refractivity contribution in [3.63, 3.8) is 0 Å². The molecule has 0 atom stereocenters. The average Bonchev–Trinajstić information content (AvgIpc) is 3.11. The average molecular weight is 441 g/mol. The second kappa shape index (κ2) is 10.2. The number of nitrogen functional groups attached to an aromatic ring is 1. The Kier molecular flexibility index (Phi) is 7.42. The fourth-order valence-electron chi connectivity index (χ4n) is 3.60. The molecule has 0 fully saturated rings. The fraction of sp³-hybridized carbons (Fsp3) is 0.391. The van der Waals surface area contributed by atoms with E-state index >= 15 is 0 Å². The number of ketones is 1. The van der Waals surface area contributed by atoms with Crippen molar-refractivity contribution in [1.82, 2.24) is 0 Å². The zero-order valence-electron chi connectivity index (χ0n) is 17.4. The molecule has 1 aromatic carbocycles. The van der Waals surface area contributed by atoms with Crippen molar-refractivity contribution in [2.75, 3.05) is 12.3 Å². The van der Waals surface area contributed by atoms with Gasteiger partial charge in [-0.2, -0.15) is 5.26 Å². The third kappa shape index (κ3) is 5.30. The molecule has 3 rings (SSSR count). The summed E-state index contributed by atoms with van der Waals surface area (Å²) >= 11 is 0.927. The Morgan fingerprint density at radius 2 is 1.87 bits per heavy atom. The predicted molar refractivity (Wildman–Crippen MR) is 116 cm³/mol. The van der Waals surface area contributed by atoms with Crippen LogP contribution in [-0.2, 0) is 33.7 Å². The molecule has 1 aliphatic rings. The number of nitrogens with two attached hydrogens (primary N) is 1. The SMILES string of the molecule is CCOC(=O)c1sc(N)c(C#N)c1COC(=O)CCC(=O)c1ccc2c(c1)CCCC2. The van der Waals surface area contributed by atoms with Crippen LogP contribution in [0.4, 0.5) is 5.00 Å². The van der Waals surface area contributed by atoms with E-state index in [1.165, 1.54) is 17.5 Å². The van der Waals surface area contributed by atoms with Crippen molar-refractivity contribution in [3.8, 4) is 6.07 Å². The Morgan fingerprint density at radius 1 is 1.13 bits per heavy atom. The van der Waals surface area contributed by atoms with Gasteiger partial charge in [0, 0.05) is 17.5 Å². The maximum absolute atomic E-state index is 12.5. The number of nitriles is 1. The smallest absolute Gasteiger partial charge is 0.348 e. The van der Waals surface area contributed by atoms with E-state index in [0.29, 0.717) is 5.56 Å². The molecule has 2 aromatic rings. The van der Waals surface area contributed by atoms with Crippen LogP contribution in [0.2, 0.25) is 0 Å². The molecule has 0 radical (unpaired) electrons. The van der Waals surface area contributed by atoms with Crippen LogP contribution in [0.3, 0.4) is 0 Å². The first-order chi connectivity index (χ1) is 14.9. The van der Waals surface area contributed by atoms with E-state index in [1.54, 1.807) is 6.92 Å². The maximum Gasteiger partial charge on any atom is 0.348 e. The number of Topliss-reactive ketones (excluding diaryl/α,β-unsaturated/α-hetero) is 1. The molecule has 0 aliphatic heterocycles. The van der Waals surface area contributed by atoms with Crippen molar-refractivity contribution >= 4 is 34.1 Å². The first-order valence-corrected chi connectivity index (χ1v) is 11.0. The zero-order valence-corrected chi connectivity index (χ0v) is 18.2. The highest BCUT2D eigenvalue weighted by Gasteiger charge is 2.24. The minimum Gasteiger partial charge on any atom is -0.462 e. The van der Waals surface area contributed by atoms with Crippen LogP contribution >= 0.6 is 11.3 Å². The maximum atomic E-state index is 12.5. The summed E-state index contributed by atoms with van der Waals surface area (Å²) in [6, 6.07) is 7.68. The van der Waals surface area contributed by atoms with Gasteiger partial charge in [0.15, 0.2) is 5.78 Å². The molecule has 0 saturated carbocycles. The van der Waals surface area contributed by atoms with Crippen LogP contribution < -0.4 is 5.73 Å². The van der Waals surface area contributed by atoms with Gasteiger partial charge in [-0.25, -0.2) is 4.79 Å². The largest absolute Gasteiger partial charge is 0.462 e. The summed E-state index contributed by atoms with van der Waals surface area (Å²) in [5, 5.41) is 9.48. The molecule has 1 aromatic heterocycles. The number of esters is 2. The highest BCUT2D eigenvalue weighted by Crippen LogP contribution is 2.32. The standard InChI is InChI=1S/C23H24N2O5S/c1-2-29-23(28)21-18(17(12-24)22(25)31-21)13-30-20(27)10-9-19(26)16-8-7-14-5-3-4-6-15(14)11-16/h7-8,11H,2-6,9-10,13,25H2,1H3. The molecule has 1 heterocycles. The molecule has 162 valence electrons. The number of fused-ring (bicyclic) bond motifs is 1. The van der Waals surface area contributed by atoms with Crippen molar-refractivity contribution in [2.24, 2.45) is 0 Å². The fourth-order valence-corrected chi connectivity index (χ4v) is 4.52. The lowest BCUT2D eigenvalue weighted by molar-refractivity contribution is -0.144. The summed E-state index contributed by atoms with van der Waals surface area (Å²) in [5.74, 6) is -1.32. The number of hydrogen-bond donors (Lipinski definition) is 1. The third-order valence-electron chi connectivity index (χ3n) is 5.21. The van der Waals surface area contributed by atoms with Gasteiger partial charge >= 0.3 is 11.9 Å². The van der Waals surface area contributed by atoms with E-state index < -0.39 is 11.9 Å². The number of benzene rings is 1. The van der Waals surface area contributed by atoms with Crippen LogP contribution in [-0.4, -0.2) is 24.3 Å². The quantitative estimate of drug-likeness (QED) is 0.487. The molecule has 1 aliphatic carbocycles.